The average molecular weight is 463 g/mol. The van der Waals surface area contributed by atoms with Crippen molar-refractivity contribution in [3.63, 3.8) is 0 Å². The van der Waals surface area contributed by atoms with Crippen LogP contribution < -0.4 is 23.7 Å². The summed E-state index contributed by atoms with van der Waals surface area (Å²) in [7, 11) is 4.64. The Kier molecular flexibility index (Phi) is 5.67. The third kappa shape index (κ3) is 3.76. The third-order valence-electron chi connectivity index (χ3n) is 5.93. The van der Waals surface area contributed by atoms with Crippen molar-refractivity contribution in [2.75, 3.05) is 28.1 Å². The molecular weight excluding hydrogens is 438 g/mol. The number of carbonyl (C=O) groups is 1. The van der Waals surface area contributed by atoms with Crippen LogP contribution >= 0.6 is 0 Å². The first-order valence-corrected chi connectivity index (χ1v) is 10.8. The molecule has 0 fully saturated rings. The van der Waals surface area contributed by atoms with E-state index in [9.17, 15) is 4.79 Å². The molecule has 0 amide bonds. The van der Waals surface area contributed by atoms with Gasteiger partial charge >= 0.3 is 0 Å². The van der Waals surface area contributed by atoms with E-state index in [4.69, 9.17) is 28.1 Å². The van der Waals surface area contributed by atoms with Crippen molar-refractivity contribution in [3.8, 4) is 28.7 Å². The molecule has 0 bridgehead atoms. The lowest BCUT2D eigenvalue weighted by molar-refractivity contribution is 0.0809. The summed E-state index contributed by atoms with van der Waals surface area (Å²) in [4.78, 5) is 15.4. The SMILES string of the molecule is COc1cc(/C=C2\Oc3c4c(cc(C)c3C2=O)OCN(Cc2ccco2)C4)cc(OC)c1OC. The number of ketones is 1. The van der Waals surface area contributed by atoms with E-state index in [-0.39, 0.29) is 11.5 Å². The zero-order chi connectivity index (χ0) is 23.8. The second kappa shape index (κ2) is 8.79. The number of benzene rings is 2. The summed E-state index contributed by atoms with van der Waals surface area (Å²) in [5.74, 6) is 3.63. The van der Waals surface area contributed by atoms with E-state index < -0.39 is 0 Å². The largest absolute Gasteiger partial charge is 0.493 e. The van der Waals surface area contributed by atoms with Crippen LogP contribution in [0, 0.1) is 6.92 Å². The molecule has 0 saturated carbocycles. The van der Waals surface area contributed by atoms with Gasteiger partial charge in [-0.3, -0.25) is 9.69 Å². The molecule has 0 atom stereocenters. The Hall–Kier alpha value is -3.91. The second-order valence-corrected chi connectivity index (χ2v) is 8.11. The van der Waals surface area contributed by atoms with E-state index in [0.29, 0.717) is 53.9 Å². The molecule has 176 valence electrons. The number of fused-ring (bicyclic) bond motifs is 3. The number of carbonyl (C=O) groups excluding carboxylic acids is 1. The first kappa shape index (κ1) is 21.9. The van der Waals surface area contributed by atoms with Crippen LogP contribution in [0.25, 0.3) is 6.08 Å². The van der Waals surface area contributed by atoms with Gasteiger partial charge in [0.2, 0.25) is 11.5 Å². The highest BCUT2D eigenvalue weighted by Gasteiger charge is 2.35. The predicted molar refractivity (Wildman–Crippen MR) is 124 cm³/mol. The molecule has 2 aromatic carbocycles. The van der Waals surface area contributed by atoms with Crippen molar-refractivity contribution in [1.82, 2.24) is 4.90 Å². The van der Waals surface area contributed by atoms with Crippen molar-refractivity contribution < 1.29 is 32.9 Å². The molecule has 3 heterocycles. The van der Waals surface area contributed by atoms with E-state index in [1.165, 1.54) is 0 Å². The van der Waals surface area contributed by atoms with Crippen molar-refractivity contribution in [2.24, 2.45) is 0 Å². The molecule has 2 aliphatic rings. The number of allylic oxidation sites excluding steroid dienone is 1. The number of Topliss-reactive ketones (excluding diaryl/α,β-unsaturated/α-hetero) is 1. The van der Waals surface area contributed by atoms with Gasteiger partial charge in [0.25, 0.3) is 0 Å². The minimum Gasteiger partial charge on any atom is -0.493 e. The van der Waals surface area contributed by atoms with Crippen molar-refractivity contribution in [1.29, 1.82) is 0 Å². The van der Waals surface area contributed by atoms with Crippen LogP contribution in [0.4, 0.5) is 0 Å². The van der Waals surface area contributed by atoms with Crippen LogP contribution in [0.3, 0.4) is 0 Å². The van der Waals surface area contributed by atoms with Crippen molar-refractivity contribution in [3.05, 3.63) is 70.4 Å². The fraction of sp³-hybridized carbons (Fsp3) is 0.269. The second-order valence-electron chi connectivity index (χ2n) is 8.11. The lowest BCUT2D eigenvalue weighted by Gasteiger charge is -2.29. The molecule has 0 radical (unpaired) electrons. The number of furan rings is 1. The summed E-state index contributed by atoms with van der Waals surface area (Å²) in [5, 5.41) is 0. The molecular formula is C26H25NO7. The first-order valence-electron chi connectivity index (χ1n) is 10.8. The van der Waals surface area contributed by atoms with Gasteiger partial charge in [0, 0.05) is 6.54 Å². The molecule has 34 heavy (non-hydrogen) atoms. The summed E-state index contributed by atoms with van der Waals surface area (Å²) in [6.07, 6.45) is 3.33. The lowest BCUT2D eigenvalue weighted by atomic mass is 9.98. The summed E-state index contributed by atoms with van der Waals surface area (Å²) in [6.45, 7) is 3.48. The maximum atomic E-state index is 13.3. The van der Waals surface area contributed by atoms with Gasteiger partial charge in [-0.15, -0.1) is 0 Å². The van der Waals surface area contributed by atoms with Crippen LogP contribution in [0.15, 0.2) is 46.8 Å². The summed E-state index contributed by atoms with van der Waals surface area (Å²) in [5.41, 5.74) is 2.90. The average Bonchev–Trinajstić information content (AvgIpc) is 3.47. The fourth-order valence-electron chi connectivity index (χ4n) is 4.34. The molecule has 3 aromatic rings. The van der Waals surface area contributed by atoms with Crippen LogP contribution in [-0.4, -0.2) is 38.7 Å². The smallest absolute Gasteiger partial charge is 0.232 e. The van der Waals surface area contributed by atoms with Gasteiger partial charge in [-0.05, 0) is 54.5 Å². The number of aryl methyl sites for hydroxylation is 1. The Morgan fingerprint density at radius 2 is 1.85 bits per heavy atom. The zero-order valence-electron chi connectivity index (χ0n) is 19.5. The highest BCUT2D eigenvalue weighted by atomic mass is 16.5. The lowest BCUT2D eigenvalue weighted by Crippen LogP contribution is -2.31. The van der Waals surface area contributed by atoms with Gasteiger partial charge in [0.1, 0.15) is 24.0 Å². The fourth-order valence-corrected chi connectivity index (χ4v) is 4.34. The number of ether oxygens (including phenoxy) is 5. The van der Waals surface area contributed by atoms with E-state index in [0.717, 1.165) is 22.6 Å². The van der Waals surface area contributed by atoms with Crippen LogP contribution in [-0.2, 0) is 13.1 Å². The Morgan fingerprint density at radius 1 is 1.09 bits per heavy atom. The topological polar surface area (TPSA) is 79.6 Å². The van der Waals surface area contributed by atoms with Gasteiger partial charge in [0.15, 0.2) is 17.3 Å². The highest BCUT2D eigenvalue weighted by molar-refractivity contribution is 6.16. The predicted octanol–water partition coefficient (Wildman–Crippen LogP) is 4.58. The van der Waals surface area contributed by atoms with E-state index in [2.05, 4.69) is 4.90 Å². The van der Waals surface area contributed by atoms with Crippen molar-refractivity contribution >= 4 is 11.9 Å². The molecule has 8 nitrogen and oxygen atoms in total. The molecule has 0 aliphatic carbocycles. The molecule has 2 aliphatic heterocycles. The molecule has 0 unspecified atom stereocenters. The van der Waals surface area contributed by atoms with Gasteiger partial charge in [0.05, 0.1) is 45.3 Å². The van der Waals surface area contributed by atoms with Crippen LogP contribution in [0.2, 0.25) is 0 Å². The van der Waals surface area contributed by atoms with Gasteiger partial charge in [-0.2, -0.15) is 0 Å². The first-order chi connectivity index (χ1) is 16.5. The Morgan fingerprint density at radius 3 is 2.50 bits per heavy atom. The molecule has 8 heteroatoms. The normalized spacial score (nSPS) is 16.0. The zero-order valence-corrected chi connectivity index (χ0v) is 19.5. The summed E-state index contributed by atoms with van der Waals surface area (Å²) >= 11 is 0. The molecule has 0 saturated heterocycles. The minimum absolute atomic E-state index is 0.174. The number of nitrogens with zero attached hydrogens (tertiary/aromatic N) is 1. The minimum atomic E-state index is -0.174. The van der Waals surface area contributed by atoms with Gasteiger partial charge < -0.3 is 28.1 Å². The molecule has 0 spiro atoms. The van der Waals surface area contributed by atoms with E-state index in [1.807, 2.05) is 25.1 Å². The standard InChI is InChI=1S/C26H25NO7/c1-15-8-19-18(13-27(14-33-19)12-17-6-5-7-32-17)25-23(15)24(28)20(34-25)9-16-10-21(29-2)26(31-4)22(11-16)30-3/h5-11H,12-14H2,1-4H3/b20-9-. The Labute approximate surface area is 197 Å². The summed E-state index contributed by atoms with van der Waals surface area (Å²) < 4.78 is 33.9. The maximum Gasteiger partial charge on any atom is 0.232 e. The maximum absolute atomic E-state index is 13.3. The monoisotopic (exact) mass is 463 g/mol. The number of rotatable bonds is 6. The molecule has 1 aromatic heterocycles. The molecule has 5 rings (SSSR count). The van der Waals surface area contributed by atoms with Gasteiger partial charge in [-0.25, -0.2) is 0 Å². The molecule has 0 N–H and O–H groups in total. The number of hydrogen-bond acceptors (Lipinski definition) is 8. The number of methoxy groups -OCH3 is 3. The van der Waals surface area contributed by atoms with E-state index in [1.54, 1.807) is 45.8 Å². The Balaban J connectivity index is 1.49. The van der Waals surface area contributed by atoms with Crippen molar-refractivity contribution in [2.45, 2.75) is 20.0 Å². The highest BCUT2D eigenvalue weighted by Crippen LogP contribution is 2.45. The number of hydrogen-bond donors (Lipinski definition) is 0. The Bertz CT molecular complexity index is 1250. The summed E-state index contributed by atoms with van der Waals surface area (Å²) in [6, 6.07) is 9.22. The van der Waals surface area contributed by atoms with Crippen LogP contribution in [0.1, 0.15) is 32.8 Å². The van der Waals surface area contributed by atoms with Crippen LogP contribution in [0.5, 0.6) is 28.7 Å². The van der Waals surface area contributed by atoms with Gasteiger partial charge in [-0.1, -0.05) is 0 Å². The van der Waals surface area contributed by atoms with E-state index >= 15 is 0 Å². The third-order valence-corrected chi connectivity index (χ3v) is 5.93. The quantitative estimate of drug-likeness (QED) is 0.492.